The Kier molecular flexibility index (Phi) is 3.06. The van der Waals surface area contributed by atoms with Crippen molar-refractivity contribution in [2.45, 2.75) is 6.54 Å². The van der Waals surface area contributed by atoms with Crippen LogP contribution in [0, 0.1) is 0 Å². The molecule has 7 nitrogen and oxygen atoms in total. The highest BCUT2D eigenvalue weighted by molar-refractivity contribution is 6.34. The number of amides is 1. The van der Waals surface area contributed by atoms with Crippen molar-refractivity contribution in [3.63, 3.8) is 0 Å². The minimum Gasteiger partial charge on any atom is -0.449 e. The molecule has 21 heavy (non-hydrogen) atoms. The number of hydrogen-bond donors (Lipinski definition) is 1. The van der Waals surface area contributed by atoms with Crippen molar-refractivity contribution < 1.29 is 19.4 Å². The predicted molar refractivity (Wildman–Crippen MR) is 73.0 cm³/mol. The smallest absolute Gasteiger partial charge is 0.449 e. The zero-order valence-corrected chi connectivity index (χ0v) is 11.7. The Morgan fingerprint density at radius 3 is 2.95 bits per heavy atom. The number of ether oxygens (including phenoxy) is 1. The molecule has 1 amide bonds. The van der Waals surface area contributed by atoms with Crippen LogP contribution in [0.2, 0.25) is 5.02 Å². The summed E-state index contributed by atoms with van der Waals surface area (Å²) in [6, 6.07) is 5.05. The number of halogens is 1. The van der Waals surface area contributed by atoms with Crippen LogP contribution in [0.5, 0.6) is 5.88 Å². The summed E-state index contributed by atoms with van der Waals surface area (Å²) in [5, 5.41) is 9.07. The lowest BCUT2D eigenvalue weighted by molar-refractivity contribution is 0.0787. The molecule has 0 fully saturated rings. The van der Waals surface area contributed by atoms with E-state index in [-0.39, 0.29) is 18.3 Å². The summed E-state index contributed by atoms with van der Waals surface area (Å²) in [4.78, 5) is 28.5. The molecule has 1 aliphatic heterocycles. The molecule has 3 rings (SSSR count). The van der Waals surface area contributed by atoms with Crippen molar-refractivity contribution in [1.82, 2.24) is 14.5 Å². The summed E-state index contributed by atoms with van der Waals surface area (Å²) in [5.41, 5.74) is 1.36. The molecule has 8 heteroatoms. The SMILES string of the molecule is CN1Cc2c(OC(=O)O)ncn2-c2cccc(Cl)c2C1=O. The van der Waals surface area contributed by atoms with Crippen LogP contribution in [0.1, 0.15) is 16.1 Å². The molecule has 1 N–H and O–H groups in total. The molecule has 108 valence electrons. The van der Waals surface area contributed by atoms with E-state index in [1.807, 2.05) is 0 Å². The van der Waals surface area contributed by atoms with Crippen LogP contribution < -0.4 is 4.74 Å². The first-order valence-electron chi connectivity index (χ1n) is 6.00. The normalized spacial score (nSPS) is 13.4. The van der Waals surface area contributed by atoms with Crippen LogP contribution in [0.15, 0.2) is 24.5 Å². The van der Waals surface area contributed by atoms with Gasteiger partial charge < -0.3 is 14.7 Å². The Morgan fingerprint density at radius 1 is 1.48 bits per heavy atom. The molecule has 2 aromatic rings. The van der Waals surface area contributed by atoms with Gasteiger partial charge in [0.15, 0.2) is 0 Å². The van der Waals surface area contributed by atoms with Crippen molar-refractivity contribution in [2.24, 2.45) is 0 Å². The Bertz CT molecular complexity index is 756. The summed E-state index contributed by atoms with van der Waals surface area (Å²) < 4.78 is 6.26. The van der Waals surface area contributed by atoms with Gasteiger partial charge >= 0.3 is 6.16 Å². The van der Waals surface area contributed by atoms with Crippen molar-refractivity contribution >= 4 is 23.7 Å². The molecule has 1 aromatic carbocycles. The van der Waals surface area contributed by atoms with Crippen LogP contribution in [0.3, 0.4) is 0 Å². The highest BCUT2D eigenvalue weighted by atomic mass is 35.5. The van der Waals surface area contributed by atoms with Crippen molar-refractivity contribution in [1.29, 1.82) is 0 Å². The molecule has 0 bridgehead atoms. The molecule has 1 aromatic heterocycles. The van der Waals surface area contributed by atoms with Crippen molar-refractivity contribution in [3.8, 4) is 11.6 Å². The quantitative estimate of drug-likeness (QED) is 0.816. The molecule has 0 atom stereocenters. The van der Waals surface area contributed by atoms with Crippen LogP contribution in [0.4, 0.5) is 4.79 Å². The Labute approximate surface area is 124 Å². The Morgan fingerprint density at radius 2 is 2.24 bits per heavy atom. The number of imidazole rings is 1. The molecule has 0 saturated carbocycles. The van der Waals surface area contributed by atoms with Gasteiger partial charge in [-0.2, -0.15) is 0 Å². The van der Waals surface area contributed by atoms with Gasteiger partial charge in [-0.05, 0) is 12.1 Å². The molecule has 0 aliphatic carbocycles. The summed E-state index contributed by atoms with van der Waals surface area (Å²) in [6.07, 6.45) is -0.0455. The van der Waals surface area contributed by atoms with E-state index in [1.165, 1.54) is 11.2 Å². The lowest BCUT2D eigenvalue weighted by Crippen LogP contribution is -2.25. The van der Waals surface area contributed by atoms with Crippen LogP contribution in [-0.2, 0) is 6.54 Å². The van der Waals surface area contributed by atoms with E-state index in [0.29, 0.717) is 22.0 Å². The van der Waals surface area contributed by atoms with Gasteiger partial charge in [0.1, 0.15) is 12.0 Å². The van der Waals surface area contributed by atoms with Gasteiger partial charge in [-0.3, -0.25) is 9.36 Å². The summed E-state index contributed by atoms with van der Waals surface area (Å²) in [6.45, 7) is 0.159. The van der Waals surface area contributed by atoms with Crippen molar-refractivity contribution in [2.75, 3.05) is 7.05 Å². The van der Waals surface area contributed by atoms with Gasteiger partial charge in [0.05, 0.1) is 22.8 Å². The average molecular weight is 308 g/mol. The second-order valence-corrected chi connectivity index (χ2v) is 4.94. The van der Waals surface area contributed by atoms with Gasteiger partial charge in [-0.25, -0.2) is 9.78 Å². The van der Waals surface area contributed by atoms with E-state index in [2.05, 4.69) is 9.72 Å². The highest BCUT2D eigenvalue weighted by Crippen LogP contribution is 2.32. The third-order valence-corrected chi connectivity index (χ3v) is 3.53. The molecule has 0 radical (unpaired) electrons. The minimum absolute atomic E-state index is 0.0463. The molecular weight excluding hydrogens is 298 g/mol. The van der Waals surface area contributed by atoms with Gasteiger partial charge in [0.2, 0.25) is 5.88 Å². The number of carbonyl (C=O) groups is 2. The molecular formula is C13H10ClN3O4. The number of carboxylic acid groups (broad SMARTS) is 1. The fourth-order valence-electron chi connectivity index (χ4n) is 2.29. The predicted octanol–water partition coefficient (Wildman–Crippen LogP) is 2.17. The van der Waals surface area contributed by atoms with E-state index in [0.717, 1.165) is 0 Å². The van der Waals surface area contributed by atoms with Gasteiger partial charge in [-0.15, -0.1) is 0 Å². The first-order chi connectivity index (χ1) is 9.99. The van der Waals surface area contributed by atoms with Crippen LogP contribution in [-0.4, -0.2) is 38.7 Å². The molecule has 0 saturated heterocycles. The zero-order chi connectivity index (χ0) is 15.1. The van der Waals surface area contributed by atoms with Gasteiger partial charge in [0, 0.05) is 7.05 Å². The van der Waals surface area contributed by atoms with Crippen LogP contribution >= 0.6 is 11.6 Å². The monoisotopic (exact) mass is 307 g/mol. The summed E-state index contributed by atoms with van der Waals surface area (Å²) in [7, 11) is 1.60. The van der Waals surface area contributed by atoms with Gasteiger partial charge in [-0.1, -0.05) is 17.7 Å². The fraction of sp³-hybridized carbons (Fsp3) is 0.154. The van der Waals surface area contributed by atoms with Crippen LogP contribution in [0.25, 0.3) is 5.69 Å². The maximum Gasteiger partial charge on any atom is 0.512 e. The summed E-state index contributed by atoms with van der Waals surface area (Å²) >= 11 is 6.13. The number of nitrogens with zero attached hydrogens (tertiary/aromatic N) is 3. The highest BCUT2D eigenvalue weighted by Gasteiger charge is 2.29. The lowest BCUT2D eigenvalue weighted by Gasteiger charge is -2.14. The third-order valence-electron chi connectivity index (χ3n) is 3.21. The maximum absolute atomic E-state index is 12.4. The average Bonchev–Trinajstić information content (AvgIpc) is 2.75. The second-order valence-electron chi connectivity index (χ2n) is 4.53. The van der Waals surface area contributed by atoms with E-state index >= 15 is 0 Å². The number of carbonyl (C=O) groups excluding carboxylic acids is 1. The Balaban J connectivity index is 2.24. The topological polar surface area (TPSA) is 84.7 Å². The second kappa shape index (κ2) is 4.78. The third kappa shape index (κ3) is 2.11. The molecule has 0 spiro atoms. The van der Waals surface area contributed by atoms with E-state index in [4.69, 9.17) is 16.7 Å². The van der Waals surface area contributed by atoms with Gasteiger partial charge in [0.25, 0.3) is 5.91 Å². The standard InChI is InChI=1S/C13H10ClN3O4/c1-16-5-9-11(21-13(19)20)15-6-17(9)8-4-2-3-7(14)10(8)12(16)18/h2-4,6H,5H2,1H3,(H,19,20). The number of rotatable bonds is 1. The summed E-state index contributed by atoms with van der Waals surface area (Å²) in [5.74, 6) is -0.296. The Hall–Kier alpha value is -2.54. The minimum atomic E-state index is -1.46. The molecule has 0 unspecified atom stereocenters. The number of hydrogen-bond acceptors (Lipinski definition) is 4. The first-order valence-corrected chi connectivity index (χ1v) is 6.38. The first kappa shape index (κ1) is 13.4. The van der Waals surface area contributed by atoms with Crippen molar-refractivity contribution in [3.05, 3.63) is 40.8 Å². The maximum atomic E-state index is 12.4. The van der Waals surface area contributed by atoms with E-state index < -0.39 is 6.16 Å². The van der Waals surface area contributed by atoms with E-state index in [1.54, 1.807) is 29.8 Å². The number of benzene rings is 1. The molecule has 2 heterocycles. The zero-order valence-electron chi connectivity index (χ0n) is 10.9. The fourth-order valence-corrected chi connectivity index (χ4v) is 2.54. The van der Waals surface area contributed by atoms with E-state index in [9.17, 15) is 9.59 Å². The lowest BCUT2D eigenvalue weighted by atomic mass is 10.1. The number of fused-ring (bicyclic) bond motifs is 3. The number of aromatic nitrogens is 2. The molecule has 1 aliphatic rings. The largest absolute Gasteiger partial charge is 0.512 e.